The summed E-state index contributed by atoms with van der Waals surface area (Å²) in [4.78, 5) is 38.6. The number of aliphatic carboxylic acids is 1. The number of amides is 2. The van der Waals surface area contributed by atoms with Gasteiger partial charge in [-0.1, -0.05) is 0 Å². The zero-order valence-electron chi connectivity index (χ0n) is 18.0. The first-order chi connectivity index (χ1) is 14.4. The number of carbonyl (C=O) groups excluding carboxylic acids is 2. The second kappa shape index (κ2) is 16.3. The van der Waals surface area contributed by atoms with Gasteiger partial charge < -0.3 is 34.4 Å². The molecule has 30 heavy (non-hydrogen) atoms. The largest absolute Gasteiger partial charge is 0.480 e. The standard InChI is InChI=1S/C19H35N3O7S/c1-21-5-7-22(8-6-21)18(24)3-9-27-11-13-29-14-12-28-10-4-20-17(23)15-16(30-2)19(25)26/h16H,3-15H2,1-2H3,(H,20,23)(H,25,26). The molecule has 1 rings (SSSR count). The number of piperazine rings is 1. The van der Waals surface area contributed by atoms with Gasteiger partial charge in [0.2, 0.25) is 11.8 Å². The van der Waals surface area contributed by atoms with Gasteiger partial charge in [0.1, 0.15) is 5.25 Å². The molecule has 0 spiro atoms. The highest BCUT2D eigenvalue weighted by atomic mass is 32.2. The third-order valence-electron chi connectivity index (χ3n) is 4.56. The molecule has 174 valence electrons. The molecule has 0 radical (unpaired) electrons. The molecule has 0 aliphatic carbocycles. The number of likely N-dealkylation sites (N-methyl/N-ethyl adjacent to an activating group) is 1. The molecular weight excluding hydrogens is 414 g/mol. The molecule has 1 heterocycles. The van der Waals surface area contributed by atoms with E-state index in [9.17, 15) is 14.4 Å². The monoisotopic (exact) mass is 449 g/mol. The molecule has 0 aromatic rings. The molecular formula is C19H35N3O7S. The predicted octanol–water partition coefficient (Wildman–Crippen LogP) is -0.477. The van der Waals surface area contributed by atoms with E-state index in [0.29, 0.717) is 52.6 Å². The second-order valence-corrected chi connectivity index (χ2v) is 7.93. The number of hydrogen-bond donors (Lipinski definition) is 2. The zero-order valence-corrected chi connectivity index (χ0v) is 18.8. The van der Waals surface area contributed by atoms with Crippen molar-refractivity contribution in [2.24, 2.45) is 0 Å². The number of thioether (sulfide) groups is 1. The lowest BCUT2D eigenvalue weighted by atomic mass is 10.3. The predicted molar refractivity (Wildman–Crippen MR) is 114 cm³/mol. The minimum Gasteiger partial charge on any atom is -0.480 e. The van der Waals surface area contributed by atoms with Crippen LogP contribution in [0.4, 0.5) is 0 Å². The average molecular weight is 450 g/mol. The normalized spacial score (nSPS) is 15.7. The summed E-state index contributed by atoms with van der Waals surface area (Å²) < 4.78 is 16.2. The lowest BCUT2D eigenvalue weighted by molar-refractivity contribution is -0.138. The molecule has 11 heteroatoms. The van der Waals surface area contributed by atoms with Crippen molar-refractivity contribution >= 4 is 29.5 Å². The molecule has 1 aliphatic rings. The molecule has 0 bridgehead atoms. The van der Waals surface area contributed by atoms with Crippen molar-refractivity contribution in [3.63, 3.8) is 0 Å². The number of ether oxygens (including phenoxy) is 3. The van der Waals surface area contributed by atoms with Crippen LogP contribution in [0.1, 0.15) is 12.8 Å². The van der Waals surface area contributed by atoms with Gasteiger partial charge in [0.25, 0.3) is 0 Å². The van der Waals surface area contributed by atoms with Crippen LogP contribution in [0.3, 0.4) is 0 Å². The van der Waals surface area contributed by atoms with E-state index in [2.05, 4.69) is 17.3 Å². The fourth-order valence-corrected chi connectivity index (χ4v) is 3.21. The Kier molecular flexibility index (Phi) is 14.5. The molecule has 2 N–H and O–H groups in total. The summed E-state index contributed by atoms with van der Waals surface area (Å²) in [6.07, 6.45) is 2.00. The van der Waals surface area contributed by atoms with E-state index in [1.807, 2.05) is 4.90 Å². The van der Waals surface area contributed by atoms with Crippen LogP contribution in [-0.4, -0.2) is 124 Å². The molecule has 1 fully saturated rings. The number of rotatable bonds is 16. The molecule has 1 aliphatic heterocycles. The summed E-state index contributed by atoms with van der Waals surface area (Å²) in [7, 11) is 2.06. The third-order valence-corrected chi connectivity index (χ3v) is 5.50. The Hall–Kier alpha value is -1.40. The van der Waals surface area contributed by atoms with Crippen molar-refractivity contribution in [2.75, 3.05) is 85.7 Å². The van der Waals surface area contributed by atoms with Crippen molar-refractivity contribution in [3.05, 3.63) is 0 Å². The van der Waals surface area contributed by atoms with Gasteiger partial charge in [-0.2, -0.15) is 0 Å². The lowest BCUT2D eigenvalue weighted by Gasteiger charge is -2.32. The Labute approximate surface area is 182 Å². The van der Waals surface area contributed by atoms with Crippen LogP contribution < -0.4 is 5.32 Å². The van der Waals surface area contributed by atoms with Crippen LogP contribution in [-0.2, 0) is 28.6 Å². The van der Waals surface area contributed by atoms with E-state index in [0.717, 1.165) is 37.9 Å². The Bertz CT molecular complexity index is 516. The molecule has 0 aromatic carbocycles. The Balaban J connectivity index is 1.86. The van der Waals surface area contributed by atoms with E-state index in [4.69, 9.17) is 19.3 Å². The molecule has 2 amide bonds. The van der Waals surface area contributed by atoms with E-state index >= 15 is 0 Å². The van der Waals surface area contributed by atoms with Crippen LogP contribution in [0.5, 0.6) is 0 Å². The summed E-state index contributed by atoms with van der Waals surface area (Å²) in [6.45, 7) is 6.08. The Morgan fingerprint density at radius 3 is 2.10 bits per heavy atom. The van der Waals surface area contributed by atoms with Crippen molar-refractivity contribution in [1.29, 1.82) is 0 Å². The number of nitrogens with zero attached hydrogens (tertiary/aromatic N) is 2. The van der Waals surface area contributed by atoms with E-state index in [-0.39, 0.29) is 18.2 Å². The highest BCUT2D eigenvalue weighted by Crippen LogP contribution is 2.10. The van der Waals surface area contributed by atoms with Gasteiger partial charge in [-0.3, -0.25) is 14.4 Å². The van der Waals surface area contributed by atoms with Crippen molar-refractivity contribution in [3.8, 4) is 0 Å². The molecule has 0 aromatic heterocycles. The van der Waals surface area contributed by atoms with Gasteiger partial charge in [0, 0.05) is 39.1 Å². The molecule has 0 saturated carbocycles. The van der Waals surface area contributed by atoms with Crippen LogP contribution in [0, 0.1) is 0 Å². The maximum absolute atomic E-state index is 12.0. The Morgan fingerprint density at radius 1 is 0.967 bits per heavy atom. The maximum atomic E-state index is 12.0. The van der Waals surface area contributed by atoms with E-state index in [1.54, 1.807) is 6.26 Å². The maximum Gasteiger partial charge on any atom is 0.317 e. The van der Waals surface area contributed by atoms with Crippen molar-refractivity contribution < 1.29 is 33.7 Å². The number of hydrogen-bond acceptors (Lipinski definition) is 8. The second-order valence-electron chi connectivity index (χ2n) is 6.89. The van der Waals surface area contributed by atoms with Crippen molar-refractivity contribution in [2.45, 2.75) is 18.1 Å². The summed E-state index contributed by atoms with van der Waals surface area (Å²) in [5, 5.41) is 10.8. The quantitative estimate of drug-likeness (QED) is 0.301. The number of carboxylic acids is 1. The van der Waals surface area contributed by atoms with Gasteiger partial charge in [0.05, 0.1) is 46.1 Å². The van der Waals surface area contributed by atoms with Gasteiger partial charge in [-0.05, 0) is 13.3 Å². The summed E-state index contributed by atoms with van der Waals surface area (Å²) in [5.74, 6) is -1.16. The number of carboxylic acid groups (broad SMARTS) is 1. The minimum absolute atomic E-state index is 0.0550. The summed E-state index contributed by atoms with van der Waals surface area (Å²) in [5.41, 5.74) is 0. The Morgan fingerprint density at radius 2 is 1.53 bits per heavy atom. The average Bonchev–Trinajstić information content (AvgIpc) is 2.72. The molecule has 1 saturated heterocycles. The molecule has 1 atom stereocenters. The van der Waals surface area contributed by atoms with Crippen LogP contribution in [0.15, 0.2) is 0 Å². The lowest BCUT2D eigenvalue weighted by Crippen LogP contribution is -2.47. The number of nitrogens with one attached hydrogen (secondary N) is 1. The highest BCUT2D eigenvalue weighted by molar-refractivity contribution is 7.99. The minimum atomic E-state index is -0.989. The highest BCUT2D eigenvalue weighted by Gasteiger charge is 2.19. The van der Waals surface area contributed by atoms with Gasteiger partial charge in [0.15, 0.2) is 0 Å². The fraction of sp³-hybridized carbons (Fsp3) is 0.842. The van der Waals surface area contributed by atoms with Crippen LogP contribution in [0.2, 0.25) is 0 Å². The van der Waals surface area contributed by atoms with Crippen LogP contribution >= 0.6 is 11.8 Å². The summed E-state index contributed by atoms with van der Waals surface area (Å²) >= 11 is 1.14. The SMILES string of the molecule is CSC(CC(=O)NCCOCCOCCOCCC(=O)N1CCN(C)CC1)C(=O)O. The third kappa shape index (κ3) is 12.3. The summed E-state index contributed by atoms with van der Waals surface area (Å²) in [6, 6.07) is 0. The van der Waals surface area contributed by atoms with Crippen LogP contribution in [0.25, 0.3) is 0 Å². The molecule has 1 unspecified atom stereocenters. The van der Waals surface area contributed by atoms with Crippen molar-refractivity contribution in [1.82, 2.24) is 15.1 Å². The zero-order chi connectivity index (χ0) is 22.2. The van der Waals surface area contributed by atoms with E-state index in [1.165, 1.54) is 0 Å². The first kappa shape index (κ1) is 26.6. The van der Waals surface area contributed by atoms with Gasteiger partial charge in [-0.25, -0.2) is 0 Å². The molecule has 10 nitrogen and oxygen atoms in total. The smallest absolute Gasteiger partial charge is 0.317 e. The van der Waals surface area contributed by atoms with Gasteiger partial charge in [-0.15, -0.1) is 11.8 Å². The van der Waals surface area contributed by atoms with Gasteiger partial charge >= 0.3 is 5.97 Å². The first-order valence-electron chi connectivity index (χ1n) is 10.2. The fourth-order valence-electron chi connectivity index (χ4n) is 2.69. The number of carbonyl (C=O) groups is 3. The van der Waals surface area contributed by atoms with E-state index < -0.39 is 11.2 Å². The topological polar surface area (TPSA) is 118 Å². The first-order valence-corrected chi connectivity index (χ1v) is 11.4.